The number of carbonyl (C=O) groups excluding carboxylic acids is 1. The molecule has 0 aromatic carbocycles. The topological polar surface area (TPSA) is 32.3 Å². The fraction of sp³-hybridized carbons (Fsp3) is 0.800. The van der Waals surface area contributed by atoms with Gasteiger partial charge in [0.1, 0.15) is 0 Å². The summed E-state index contributed by atoms with van der Waals surface area (Å²) in [4.78, 5) is 14.1. The van der Waals surface area contributed by atoms with Gasteiger partial charge in [0.2, 0.25) is 0 Å². The zero-order chi connectivity index (χ0) is 12.8. The molecule has 1 unspecified atom stereocenters. The minimum absolute atomic E-state index is 0.151. The van der Waals surface area contributed by atoms with Crippen molar-refractivity contribution in [2.75, 3.05) is 19.6 Å². The Bertz CT molecular complexity index is 297. The van der Waals surface area contributed by atoms with E-state index in [1.165, 1.54) is 25.7 Å². The Morgan fingerprint density at radius 3 is 2.72 bits per heavy atom. The van der Waals surface area contributed by atoms with E-state index in [1.54, 1.807) is 0 Å². The van der Waals surface area contributed by atoms with Gasteiger partial charge in [0.25, 0.3) is 0 Å². The van der Waals surface area contributed by atoms with Crippen molar-refractivity contribution in [2.45, 2.75) is 45.4 Å². The van der Waals surface area contributed by atoms with Crippen LogP contribution in [-0.4, -0.2) is 30.6 Å². The van der Waals surface area contributed by atoms with Crippen LogP contribution in [0.5, 0.6) is 0 Å². The van der Waals surface area contributed by atoms with E-state index in [-0.39, 0.29) is 6.03 Å². The van der Waals surface area contributed by atoms with Gasteiger partial charge in [-0.2, -0.15) is 0 Å². The van der Waals surface area contributed by atoms with E-state index >= 15 is 0 Å². The van der Waals surface area contributed by atoms with Gasteiger partial charge in [0.05, 0.1) is 0 Å². The van der Waals surface area contributed by atoms with Crippen molar-refractivity contribution < 1.29 is 4.79 Å². The van der Waals surface area contributed by atoms with Crippen LogP contribution in [0, 0.1) is 11.8 Å². The number of urea groups is 1. The van der Waals surface area contributed by atoms with E-state index in [0.29, 0.717) is 5.92 Å². The molecule has 18 heavy (non-hydrogen) atoms. The average molecular weight is 250 g/mol. The number of hydrogen-bond donors (Lipinski definition) is 1. The average Bonchev–Trinajstić information content (AvgIpc) is 3.21. The van der Waals surface area contributed by atoms with Crippen molar-refractivity contribution >= 4 is 6.03 Å². The normalized spacial score (nSPS) is 22.8. The number of amides is 2. The second-order valence-corrected chi connectivity index (χ2v) is 5.73. The third-order valence-corrected chi connectivity index (χ3v) is 3.88. The van der Waals surface area contributed by atoms with Gasteiger partial charge in [0, 0.05) is 19.6 Å². The van der Waals surface area contributed by atoms with E-state index in [1.807, 2.05) is 4.90 Å². The molecule has 2 aliphatic carbocycles. The lowest BCUT2D eigenvalue weighted by molar-refractivity contribution is 0.193. The molecule has 102 valence electrons. The molecule has 2 aliphatic rings. The minimum Gasteiger partial charge on any atom is -0.338 e. The Kier molecular flexibility index (Phi) is 5.09. The number of carbonyl (C=O) groups is 1. The van der Waals surface area contributed by atoms with Gasteiger partial charge >= 0.3 is 6.03 Å². The van der Waals surface area contributed by atoms with Gasteiger partial charge in [-0.05, 0) is 50.4 Å². The number of nitrogens with one attached hydrogen (secondary N) is 1. The SMILES string of the molecule is CCCN(CC1CC1)C(=O)NCC1CC=CCC1. The van der Waals surface area contributed by atoms with Gasteiger partial charge in [-0.3, -0.25) is 0 Å². The van der Waals surface area contributed by atoms with Crippen molar-refractivity contribution in [1.29, 1.82) is 0 Å². The molecule has 0 aromatic rings. The van der Waals surface area contributed by atoms with Crippen molar-refractivity contribution in [3.05, 3.63) is 12.2 Å². The molecule has 0 radical (unpaired) electrons. The molecule has 3 nitrogen and oxygen atoms in total. The monoisotopic (exact) mass is 250 g/mol. The maximum absolute atomic E-state index is 12.1. The summed E-state index contributed by atoms with van der Waals surface area (Å²) in [6.07, 6.45) is 11.7. The molecule has 0 aromatic heterocycles. The summed E-state index contributed by atoms with van der Waals surface area (Å²) >= 11 is 0. The molecular formula is C15H26N2O. The molecule has 0 saturated heterocycles. The molecule has 1 N–H and O–H groups in total. The van der Waals surface area contributed by atoms with Gasteiger partial charge in [-0.15, -0.1) is 0 Å². The van der Waals surface area contributed by atoms with Crippen LogP contribution in [0.15, 0.2) is 12.2 Å². The highest BCUT2D eigenvalue weighted by atomic mass is 16.2. The molecule has 0 heterocycles. The Balaban J connectivity index is 1.71. The standard InChI is InChI=1S/C15H26N2O/c1-2-10-17(12-14-8-9-14)15(18)16-11-13-6-4-3-5-7-13/h3-4,13-14H,2,5-12H2,1H3,(H,16,18). The smallest absolute Gasteiger partial charge is 0.317 e. The largest absolute Gasteiger partial charge is 0.338 e. The molecule has 0 aliphatic heterocycles. The summed E-state index contributed by atoms with van der Waals surface area (Å²) in [5, 5.41) is 3.12. The lowest BCUT2D eigenvalue weighted by Gasteiger charge is -2.25. The van der Waals surface area contributed by atoms with Crippen LogP contribution in [-0.2, 0) is 0 Å². The lowest BCUT2D eigenvalue weighted by atomic mass is 9.94. The molecule has 2 rings (SSSR count). The quantitative estimate of drug-likeness (QED) is 0.721. The van der Waals surface area contributed by atoms with Crippen molar-refractivity contribution in [2.24, 2.45) is 11.8 Å². The zero-order valence-corrected chi connectivity index (χ0v) is 11.5. The molecule has 1 saturated carbocycles. The molecule has 3 heteroatoms. The van der Waals surface area contributed by atoms with E-state index < -0.39 is 0 Å². The first-order valence-corrected chi connectivity index (χ1v) is 7.47. The number of nitrogens with zero attached hydrogens (tertiary/aromatic N) is 1. The minimum atomic E-state index is 0.151. The second kappa shape index (κ2) is 6.81. The van der Waals surface area contributed by atoms with Crippen LogP contribution in [0.2, 0.25) is 0 Å². The van der Waals surface area contributed by atoms with Gasteiger partial charge < -0.3 is 10.2 Å². The Morgan fingerprint density at radius 1 is 1.28 bits per heavy atom. The first-order valence-electron chi connectivity index (χ1n) is 7.47. The van der Waals surface area contributed by atoms with Crippen molar-refractivity contribution in [1.82, 2.24) is 10.2 Å². The third kappa shape index (κ3) is 4.35. The number of allylic oxidation sites excluding steroid dienone is 2. The highest BCUT2D eigenvalue weighted by Gasteiger charge is 2.26. The Labute approximate surface area is 111 Å². The van der Waals surface area contributed by atoms with Crippen LogP contribution in [0.1, 0.15) is 45.4 Å². The first-order chi connectivity index (χ1) is 8.79. The van der Waals surface area contributed by atoms with Crippen LogP contribution >= 0.6 is 0 Å². The first kappa shape index (κ1) is 13.4. The highest BCUT2D eigenvalue weighted by molar-refractivity contribution is 5.74. The van der Waals surface area contributed by atoms with E-state index in [9.17, 15) is 4.79 Å². The molecule has 0 bridgehead atoms. The summed E-state index contributed by atoms with van der Waals surface area (Å²) in [5.41, 5.74) is 0. The molecular weight excluding hydrogens is 224 g/mol. The van der Waals surface area contributed by atoms with Gasteiger partial charge in [-0.25, -0.2) is 4.79 Å². The van der Waals surface area contributed by atoms with Gasteiger partial charge in [0.15, 0.2) is 0 Å². The van der Waals surface area contributed by atoms with E-state index in [4.69, 9.17) is 0 Å². The van der Waals surface area contributed by atoms with Crippen LogP contribution in [0.4, 0.5) is 4.79 Å². The maximum Gasteiger partial charge on any atom is 0.317 e. The summed E-state index contributed by atoms with van der Waals surface area (Å²) in [5.74, 6) is 1.42. The Hall–Kier alpha value is -0.990. The number of rotatable bonds is 6. The van der Waals surface area contributed by atoms with Gasteiger partial charge in [-0.1, -0.05) is 19.1 Å². The summed E-state index contributed by atoms with van der Waals surface area (Å²) in [7, 11) is 0. The van der Waals surface area contributed by atoms with Crippen molar-refractivity contribution in [3.8, 4) is 0 Å². The summed E-state index contributed by atoms with van der Waals surface area (Å²) in [6, 6.07) is 0.151. The van der Waals surface area contributed by atoms with Crippen LogP contribution < -0.4 is 5.32 Å². The second-order valence-electron chi connectivity index (χ2n) is 5.73. The van der Waals surface area contributed by atoms with Crippen molar-refractivity contribution in [3.63, 3.8) is 0 Å². The maximum atomic E-state index is 12.1. The molecule has 1 fully saturated rings. The third-order valence-electron chi connectivity index (χ3n) is 3.88. The Morgan fingerprint density at radius 2 is 2.11 bits per heavy atom. The fourth-order valence-corrected chi connectivity index (χ4v) is 2.54. The predicted molar refractivity (Wildman–Crippen MR) is 74.5 cm³/mol. The summed E-state index contributed by atoms with van der Waals surface area (Å²) < 4.78 is 0. The molecule has 0 spiro atoms. The van der Waals surface area contributed by atoms with E-state index in [0.717, 1.165) is 38.4 Å². The lowest BCUT2D eigenvalue weighted by Crippen LogP contribution is -2.43. The molecule has 2 amide bonds. The molecule has 1 atom stereocenters. The zero-order valence-electron chi connectivity index (χ0n) is 11.5. The van der Waals surface area contributed by atoms with Crippen LogP contribution in [0.25, 0.3) is 0 Å². The number of hydrogen-bond acceptors (Lipinski definition) is 1. The highest BCUT2D eigenvalue weighted by Crippen LogP contribution is 2.29. The fourth-order valence-electron chi connectivity index (χ4n) is 2.54. The summed E-state index contributed by atoms with van der Waals surface area (Å²) in [6.45, 7) is 4.84. The van der Waals surface area contributed by atoms with E-state index in [2.05, 4.69) is 24.4 Å². The predicted octanol–water partition coefficient (Wildman–Crippen LogP) is 3.17. The van der Waals surface area contributed by atoms with Crippen LogP contribution in [0.3, 0.4) is 0 Å².